The van der Waals surface area contributed by atoms with Crippen LogP contribution in [0.25, 0.3) is 0 Å². The minimum Gasteiger partial charge on any atom is -0.357 e. The predicted molar refractivity (Wildman–Crippen MR) is 82.6 cm³/mol. The summed E-state index contributed by atoms with van der Waals surface area (Å²) in [5.41, 5.74) is 0. The average Bonchev–Trinajstić information content (AvgIpc) is 3.13. The van der Waals surface area contributed by atoms with Crippen molar-refractivity contribution in [1.82, 2.24) is 20.2 Å². The fourth-order valence-electron chi connectivity index (χ4n) is 2.11. The van der Waals surface area contributed by atoms with Crippen molar-refractivity contribution in [2.24, 2.45) is 16.8 Å². The molecule has 1 aromatic rings. The summed E-state index contributed by atoms with van der Waals surface area (Å²) in [6, 6.07) is 0. The van der Waals surface area contributed by atoms with Crippen molar-refractivity contribution < 1.29 is 0 Å². The normalized spacial score (nSPS) is 15.7. The summed E-state index contributed by atoms with van der Waals surface area (Å²) in [4.78, 5) is 9.04. The SMILES string of the molecule is CCNC(=NCc1nccn1CC(C)C)NCC1CC1. The van der Waals surface area contributed by atoms with Crippen molar-refractivity contribution in [1.29, 1.82) is 0 Å². The Bertz CT molecular complexity index is 431. The van der Waals surface area contributed by atoms with E-state index in [0.29, 0.717) is 12.5 Å². The number of hydrogen-bond acceptors (Lipinski definition) is 2. The lowest BCUT2D eigenvalue weighted by Crippen LogP contribution is -2.38. The Morgan fingerprint density at radius 1 is 1.45 bits per heavy atom. The Morgan fingerprint density at radius 3 is 2.90 bits per heavy atom. The van der Waals surface area contributed by atoms with Crippen molar-refractivity contribution in [3.8, 4) is 0 Å². The molecule has 5 nitrogen and oxygen atoms in total. The highest BCUT2D eigenvalue weighted by Gasteiger charge is 2.21. The van der Waals surface area contributed by atoms with Gasteiger partial charge >= 0.3 is 0 Å². The molecule has 1 aromatic heterocycles. The molecule has 1 fully saturated rings. The molecule has 20 heavy (non-hydrogen) atoms. The molecule has 0 saturated heterocycles. The molecule has 1 heterocycles. The Balaban J connectivity index is 1.91. The van der Waals surface area contributed by atoms with Gasteiger partial charge in [0.25, 0.3) is 0 Å². The summed E-state index contributed by atoms with van der Waals surface area (Å²) in [6.07, 6.45) is 6.60. The standard InChI is InChI=1S/C15H27N5/c1-4-16-15(18-9-13-5-6-13)19-10-14-17-7-8-20(14)11-12(2)3/h7-8,12-13H,4-6,9-11H2,1-3H3,(H2,16,18,19). The molecule has 0 aliphatic heterocycles. The van der Waals surface area contributed by atoms with Gasteiger partial charge in [0.2, 0.25) is 0 Å². The van der Waals surface area contributed by atoms with Crippen molar-refractivity contribution in [3.63, 3.8) is 0 Å². The molecule has 0 aromatic carbocycles. The Kier molecular flexibility index (Phi) is 5.44. The zero-order chi connectivity index (χ0) is 14.4. The molecular weight excluding hydrogens is 250 g/mol. The third-order valence-corrected chi connectivity index (χ3v) is 3.34. The fraction of sp³-hybridized carbons (Fsp3) is 0.733. The predicted octanol–water partition coefficient (Wildman–Crippen LogP) is 2.00. The molecule has 0 spiro atoms. The van der Waals surface area contributed by atoms with Crippen LogP contribution in [0.15, 0.2) is 17.4 Å². The van der Waals surface area contributed by atoms with Gasteiger partial charge in [-0.1, -0.05) is 13.8 Å². The van der Waals surface area contributed by atoms with Crippen LogP contribution >= 0.6 is 0 Å². The van der Waals surface area contributed by atoms with E-state index < -0.39 is 0 Å². The zero-order valence-corrected chi connectivity index (χ0v) is 12.9. The van der Waals surface area contributed by atoms with Gasteiger partial charge in [-0.3, -0.25) is 0 Å². The maximum atomic E-state index is 4.63. The van der Waals surface area contributed by atoms with E-state index in [2.05, 4.69) is 45.9 Å². The van der Waals surface area contributed by atoms with Gasteiger partial charge < -0.3 is 15.2 Å². The number of aromatic nitrogens is 2. The minimum atomic E-state index is 0.619. The maximum Gasteiger partial charge on any atom is 0.191 e. The second-order valence-corrected chi connectivity index (χ2v) is 5.91. The molecule has 1 aliphatic carbocycles. The van der Waals surface area contributed by atoms with Crippen LogP contribution in [0, 0.1) is 11.8 Å². The van der Waals surface area contributed by atoms with Crippen LogP contribution in [0.1, 0.15) is 39.4 Å². The summed E-state index contributed by atoms with van der Waals surface area (Å²) < 4.78 is 2.19. The molecule has 0 radical (unpaired) electrons. The molecule has 2 N–H and O–H groups in total. The number of nitrogens with one attached hydrogen (secondary N) is 2. The minimum absolute atomic E-state index is 0.619. The van der Waals surface area contributed by atoms with Crippen LogP contribution in [-0.4, -0.2) is 28.6 Å². The van der Waals surface area contributed by atoms with Gasteiger partial charge in [-0.2, -0.15) is 0 Å². The summed E-state index contributed by atoms with van der Waals surface area (Å²) in [5.74, 6) is 3.40. The monoisotopic (exact) mass is 277 g/mol. The number of nitrogens with zero attached hydrogens (tertiary/aromatic N) is 3. The van der Waals surface area contributed by atoms with E-state index in [9.17, 15) is 0 Å². The molecule has 1 saturated carbocycles. The van der Waals surface area contributed by atoms with E-state index in [1.54, 1.807) is 0 Å². The molecule has 5 heteroatoms. The number of imidazole rings is 1. The zero-order valence-electron chi connectivity index (χ0n) is 12.9. The number of rotatable bonds is 7. The number of aliphatic imine (C=N–C) groups is 1. The summed E-state index contributed by atoms with van der Waals surface area (Å²) in [7, 11) is 0. The Labute approximate surface area is 121 Å². The lowest BCUT2D eigenvalue weighted by molar-refractivity contribution is 0.507. The first kappa shape index (κ1) is 14.9. The summed E-state index contributed by atoms with van der Waals surface area (Å²) >= 11 is 0. The topological polar surface area (TPSA) is 54.2 Å². The van der Waals surface area contributed by atoms with E-state index >= 15 is 0 Å². The molecule has 2 rings (SSSR count). The first-order chi connectivity index (χ1) is 9.69. The molecular formula is C15H27N5. The van der Waals surface area contributed by atoms with E-state index in [-0.39, 0.29) is 0 Å². The van der Waals surface area contributed by atoms with Crippen LogP contribution in [0.3, 0.4) is 0 Å². The quantitative estimate of drug-likeness (QED) is 0.592. The molecule has 0 amide bonds. The van der Waals surface area contributed by atoms with Crippen molar-refractivity contribution in [2.75, 3.05) is 13.1 Å². The molecule has 112 valence electrons. The average molecular weight is 277 g/mol. The Hall–Kier alpha value is -1.52. The Morgan fingerprint density at radius 2 is 2.25 bits per heavy atom. The molecule has 0 unspecified atom stereocenters. The van der Waals surface area contributed by atoms with Crippen molar-refractivity contribution >= 4 is 5.96 Å². The highest BCUT2D eigenvalue weighted by Crippen LogP contribution is 2.27. The third kappa shape index (κ3) is 4.87. The van der Waals surface area contributed by atoms with E-state index in [0.717, 1.165) is 37.3 Å². The number of hydrogen-bond donors (Lipinski definition) is 2. The van der Waals surface area contributed by atoms with Gasteiger partial charge in [0.05, 0.1) is 0 Å². The fourth-order valence-corrected chi connectivity index (χ4v) is 2.11. The van der Waals surface area contributed by atoms with Gasteiger partial charge in [0.1, 0.15) is 12.4 Å². The van der Waals surface area contributed by atoms with E-state index in [4.69, 9.17) is 0 Å². The van der Waals surface area contributed by atoms with Gasteiger partial charge in [-0.15, -0.1) is 0 Å². The summed E-state index contributed by atoms with van der Waals surface area (Å²) in [6.45, 7) is 10.1. The molecule has 1 aliphatic rings. The number of guanidine groups is 1. The lowest BCUT2D eigenvalue weighted by atomic mass is 10.2. The van der Waals surface area contributed by atoms with Gasteiger partial charge in [0.15, 0.2) is 5.96 Å². The second-order valence-electron chi connectivity index (χ2n) is 5.91. The summed E-state index contributed by atoms with van der Waals surface area (Å²) in [5, 5.41) is 6.70. The highest BCUT2D eigenvalue weighted by atomic mass is 15.2. The van der Waals surface area contributed by atoms with Crippen molar-refractivity contribution in [2.45, 2.75) is 46.7 Å². The first-order valence-electron chi connectivity index (χ1n) is 7.71. The third-order valence-electron chi connectivity index (χ3n) is 3.34. The maximum absolute atomic E-state index is 4.63. The van der Waals surface area contributed by atoms with Crippen molar-refractivity contribution in [3.05, 3.63) is 18.2 Å². The lowest BCUT2D eigenvalue weighted by Gasteiger charge is -2.12. The van der Waals surface area contributed by atoms with Crippen LogP contribution in [-0.2, 0) is 13.1 Å². The van der Waals surface area contributed by atoms with Crippen LogP contribution in [0.2, 0.25) is 0 Å². The second kappa shape index (κ2) is 7.31. The molecule has 0 atom stereocenters. The first-order valence-corrected chi connectivity index (χ1v) is 7.71. The smallest absolute Gasteiger partial charge is 0.191 e. The van der Waals surface area contributed by atoms with E-state index in [1.165, 1.54) is 12.8 Å². The van der Waals surface area contributed by atoms with Gasteiger partial charge in [-0.25, -0.2) is 9.98 Å². The van der Waals surface area contributed by atoms with Gasteiger partial charge in [-0.05, 0) is 31.6 Å². The molecule has 0 bridgehead atoms. The largest absolute Gasteiger partial charge is 0.357 e. The highest BCUT2D eigenvalue weighted by molar-refractivity contribution is 5.79. The van der Waals surface area contributed by atoms with Gasteiger partial charge in [0, 0.05) is 32.0 Å². The van der Waals surface area contributed by atoms with Crippen LogP contribution < -0.4 is 10.6 Å². The van der Waals surface area contributed by atoms with E-state index in [1.807, 2.05) is 12.4 Å². The van der Waals surface area contributed by atoms with Crippen LogP contribution in [0.4, 0.5) is 0 Å². The van der Waals surface area contributed by atoms with Crippen LogP contribution in [0.5, 0.6) is 0 Å².